The van der Waals surface area contributed by atoms with Gasteiger partial charge in [-0.2, -0.15) is 0 Å². The van der Waals surface area contributed by atoms with Gasteiger partial charge in [0.1, 0.15) is 10.7 Å². The van der Waals surface area contributed by atoms with Crippen molar-refractivity contribution >= 4 is 27.5 Å². The van der Waals surface area contributed by atoms with E-state index in [2.05, 4.69) is 0 Å². The number of aliphatic carboxylic acids is 1. The fraction of sp³-hybridized carbons (Fsp3) is 0.350. The lowest BCUT2D eigenvalue weighted by molar-refractivity contribution is -0.139. The van der Waals surface area contributed by atoms with E-state index >= 15 is 0 Å². The Morgan fingerprint density at radius 2 is 2.04 bits per heavy atom. The Bertz CT molecular complexity index is 1050. The van der Waals surface area contributed by atoms with E-state index in [0.29, 0.717) is 28.0 Å². The Hall–Kier alpha value is -2.47. The molecule has 1 aliphatic carbocycles. The van der Waals surface area contributed by atoms with Gasteiger partial charge in [0.15, 0.2) is 0 Å². The van der Waals surface area contributed by atoms with Crippen LogP contribution in [0.15, 0.2) is 35.1 Å². The Morgan fingerprint density at radius 3 is 2.69 bits per heavy atom. The van der Waals surface area contributed by atoms with Crippen LogP contribution < -0.4 is 5.56 Å². The molecule has 6 heteroatoms. The van der Waals surface area contributed by atoms with E-state index in [1.807, 2.05) is 44.2 Å². The van der Waals surface area contributed by atoms with Crippen molar-refractivity contribution in [2.75, 3.05) is 0 Å². The Morgan fingerprint density at radius 1 is 1.31 bits per heavy atom. The molecule has 2 aromatic heterocycles. The van der Waals surface area contributed by atoms with Crippen LogP contribution in [0.5, 0.6) is 0 Å². The van der Waals surface area contributed by atoms with Gasteiger partial charge in [-0.3, -0.25) is 14.2 Å². The third-order valence-electron chi connectivity index (χ3n) is 4.96. The number of aromatic nitrogens is 2. The summed E-state index contributed by atoms with van der Waals surface area (Å²) in [5, 5.41) is 10.1. The monoisotopic (exact) mass is 368 g/mol. The molecular formula is C20H20N2O3S. The highest BCUT2D eigenvalue weighted by molar-refractivity contribution is 7.18. The molecule has 0 fully saturated rings. The summed E-state index contributed by atoms with van der Waals surface area (Å²) in [5.74, 6) is -0.818. The summed E-state index contributed by atoms with van der Waals surface area (Å²) in [6.07, 6.45) is 2.23. The smallest absolute Gasteiger partial charge is 0.311 e. The summed E-state index contributed by atoms with van der Waals surface area (Å²) >= 11 is 1.48. The SMILES string of the molecule is CC(C)n1c(-c2ccccc2)nc2sc3c(c2c1=O)C(C(=O)O)CCC3. The Labute approximate surface area is 154 Å². The highest BCUT2D eigenvalue weighted by atomic mass is 32.1. The minimum Gasteiger partial charge on any atom is -0.481 e. The zero-order chi connectivity index (χ0) is 18.4. The van der Waals surface area contributed by atoms with Gasteiger partial charge in [0.2, 0.25) is 0 Å². The molecule has 3 aromatic rings. The van der Waals surface area contributed by atoms with Gasteiger partial charge in [-0.15, -0.1) is 11.3 Å². The summed E-state index contributed by atoms with van der Waals surface area (Å²) in [6.45, 7) is 3.91. The largest absolute Gasteiger partial charge is 0.481 e. The molecule has 26 heavy (non-hydrogen) atoms. The standard InChI is InChI=1S/C20H20N2O3S/c1-11(2)22-17(12-7-4-3-5-8-12)21-18-16(19(22)23)15-13(20(24)25)9-6-10-14(15)26-18/h3-5,7-8,11,13H,6,9-10H2,1-2H3,(H,24,25). The average Bonchev–Trinajstić information content (AvgIpc) is 3.00. The number of hydrogen-bond acceptors (Lipinski definition) is 4. The third kappa shape index (κ3) is 2.56. The normalized spacial score (nSPS) is 16.8. The summed E-state index contributed by atoms with van der Waals surface area (Å²) < 4.78 is 1.69. The van der Waals surface area contributed by atoms with E-state index in [1.165, 1.54) is 11.3 Å². The molecule has 1 N–H and O–H groups in total. The van der Waals surface area contributed by atoms with Crippen LogP contribution in [0.1, 0.15) is 49.1 Å². The lowest BCUT2D eigenvalue weighted by atomic mass is 9.86. The summed E-state index contributed by atoms with van der Waals surface area (Å²) in [5.41, 5.74) is 1.46. The van der Waals surface area contributed by atoms with Gasteiger partial charge in [0, 0.05) is 16.5 Å². The zero-order valence-corrected chi connectivity index (χ0v) is 15.5. The number of nitrogens with zero attached hydrogens (tertiary/aromatic N) is 2. The summed E-state index contributed by atoms with van der Waals surface area (Å²) in [7, 11) is 0. The lowest BCUT2D eigenvalue weighted by Gasteiger charge is -2.20. The van der Waals surface area contributed by atoms with Crippen molar-refractivity contribution in [2.45, 2.75) is 45.1 Å². The number of thiophene rings is 1. The van der Waals surface area contributed by atoms with Crippen molar-refractivity contribution in [2.24, 2.45) is 0 Å². The molecular weight excluding hydrogens is 348 g/mol. The van der Waals surface area contributed by atoms with Crippen LogP contribution in [-0.4, -0.2) is 20.6 Å². The van der Waals surface area contributed by atoms with Crippen molar-refractivity contribution in [1.82, 2.24) is 9.55 Å². The number of carboxylic acid groups (broad SMARTS) is 1. The van der Waals surface area contributed by atoms with Gasteiger partial charge >= 0.3 is 5.97 Å². The van der Waals surface area contributed by atoms with E-state index in [1.54, 1.807) is 4.57 Å². The molecule has 0 amide bonds. The van der Waals surface area contributed by atoms with Crippen LogP contribution in [0, 0.1) is 0 Å². The Kier molecular flexibility index (Phi) is 4.15. The molecule has 134 valence electrons. The van der Waals surface area contributed by atoms with Crippen LogP contribution in [0.25, 0.3) is 21.6 Å². The van der Waals surface area contributed by atoms with Crippen LogP contribution in [0.4, 0.5) is 0 Å². The molecule has 2 heterocycles. The van der Waals surface area contributed by atoms with Gasteiger partial charge in [0.25, 0.3) is 5.56 Å². The van der Waals surface area contributed by atoms with Gasteiger partial charge in [0.05, 0.1) is 11.3 Å². The molecule has 0 saturated heterocycles. The first-order valence-corrected chi connectivity index (χ1v) is 9.66. The number of fused-ring (bicyclic) bond motifs is 3. The molecule has 0 radical (unpaired) electrons. The van der Waals surface area contributed by atoms with E-state index in [0.717, 1.165) is 23.3 Å². The molecule has 0 saturated carbocycles. The second-order valence-electron chi connectivity index (χ2n) is 6.97. The van der Waals surface area contributed by atoms with Crippen molar-refractivity contribution < 1.29 is 9.90 Å². The van der Waals surface area contributed by atoms with Crippen LogP contribution in [0.2, 0.25) is 0 Å². The van der Waals surface area contributed by atoms with Crippen LogP contribution in [-0.2, 0) is 11.2 Å². The van der Waals surface area contributed by atoms with Gasteiger partial charge in [-0.05, 0) is 38.7 Å². The lowest BCUT2D eigenvalue weighted by Crippen LogP contribution is -2.26. The molecule has 1 atom stereocenters. The predicted molar refractivity (Wildman–Crippen MR) is 103 cm³/mol. The van der Waals surface area contributed by atoms with Gasteiger partial charge in [-0.1, -0.05) is 30.3 Å². The van der Waals surface area contributed by atoms with E-state index < -0.39 is 11.9 Å². The first-order valence-electron chi connectivity index (χ1n) is 8.85. The number of aryl methyl sites for hydroxylation is 1. The molecule has 1 aromatic carbocycles. The fourth-order valence-corrected chi connectivity index (χ4v) is 5.08. The molecule has 0 spiro atoms. The fourth-order valence-electron chi connectivity index (χ4n) is 3.81. The van der Waals surface area contributed by atoms with Gasteiger partial charge < -0.3 is 5.11 Å². The number of carbonyl (C=O) groups is 1. The van der Waals surface area contributed by atoms with Crippen molar-refractivity contribution in [3.63, 3.8) is 0 Å². The zero-order valence-electron chi connectivity index (χ0n) is 14.7. The van der Waals surface area contributed by atoms with E-state index in [9.17, 15) is 14.7 Å². The molecule has 5 nitrogen and oxygen atoms in total. The first kappa shape index (κ1) is 17.0. The number of benzene rings is 1. The number of rotatable bonds is 3. The topological polar surface area (TPSA) is 72.2 Å². The minimum absolute atomic E-state index is 0.0722. The quantitative estimate of drug-likeness (QED) is 0.752. The highest BCUT2D eigenvalue weighted by Gasteiger charge is 2.32. The molecule has 0 bridgehead atoms. The van der Waals surface area contributed by atoms with Crippen molar-refractivity contribution in [3.8, 4) is 11.4 Å². The Balaban J connectivity index is 2.08. The predicted octanol–water partition coefficient (Wildman–Crippen LogP) is 4.21. The third-order valence-corrected chi connectivity index (χ3v) is 6.12. The van der Waals surface area contributed by atoms with Crippen molar-refractivity contribution in [1.29, 1.82) is 0 Å². The summed E-state index contributed by atoms with van der Waals surface area (Å²) in [4.78, 5) is 31.6. The maximum atomic E-state index is 13.4. The number of hydrogen-bond donors (Lipinski definition) is 1. The number of carboxylic acids is 1. The second kappa shape index (κ2) is 6.36. The average molecular weight is 368 g/mol. The minimum atomic E-state index is -0.853. The molecule has 1 unspecified atom stereocenters. The highest BCUT2D eigenvalue weighted by Crippen LogP contribution is 2.41. The summed E-state index contributed by atoms with van der Waals surface area (Å²) in [6, 6.07) is 9.60. The van der Waals surface area contributed by atoms with Crippen molar-refractivity contribution in [3.05, 3.63) is 51.1 Å². The van der Waals surface area contributed by atoms with E-state index in [4.69, 9.17) is 4.98 Å². The maximum Gasteiger partial charge on any atom is 0.311 e. The van der Waals surface area contributed by atoms with E-state index in [-0.39, 0.29) is 11.6 Å². The van der Waals surface area contributed by atoms with Crippen LogP contribution >= 0.6 is 11.3 Å². The molecule has 4 rings (SSSR count). The molecule has 1 aliphatic rings. The van der Waals surface area contributed by atoms with Gasteiger partial charge in [-0.25, -0.2) is 4.98 Å². The van der Waals surface area contributed by atoms with Crippen LogP contribution in [0.3, 0.4) is 0 Å². The molecule has 0 aliphatic heterocycles. The maximum absolute atomic E-state index is 13.4. The first-order chi connectivity index (χ1) is 12.5. The second-order valence-corrected chi connectivity index (χ2v) is 8.06.